The zero-order chi connectivity index (χ0) is 9.86. The maximum absolute atomic E-state index is 5.38. The van der Waals surface area contributed by atoms with E-state index in [1.165, 1.54) is 0 Å². The summed E-state index contributed by atoms with van der Waals surface area (Å²) < 4.78 is 10.8. The van der Waals surface area contributed by atoms with Gasteiger partial charge in [-0.05, 0) is 32.0 Å². The summed E-state index contributed by atoms with van der Waals surface area (Å²) in [7, 11) is 2.02. The van der Waals surface area contributed by atoms with Gasteiger partial charge in [-0.25, -0.2) is 0 Å². The van der Waals surface area contributed by atoms with Gasteiger partial charge in [0.05, 0.1) is 6.26 Å². The van der Waals surface area contributed by atoms with E-state index >= 15 is 0 Å². The maximum Gasteiger partial charge on any atom is 0.105 e. The van der Waals surface area contributed by atoms with Crippen LogP contribution in [0.15, 0.2) is 22.8 Å². The monoisotopic (exact) mass is 195 g/mol. The minimum Gasteiger partial charge on any atom is -0.469 e. The van der Waals surface area contributed by atoms with E-state index in [4.69, 9.17) is 9.15 Å². The Morgan fingerprint density at radius 2 is 2.21 bits per heavy atom. The van der Waals surface area contributed by atoms with Gasteiger partial charge in [0, 0.05) is 25.2 Å². The Hall–Kier alpha value is -0.800. The molecule has 0 spiro atoms. The standard InChI is InChI=1S/C11H17NO2/c1-12-11(4-7-13-8-5-11)9-10-3-2-6-14-10/h2-3,6,12H,4-5,7-9H2,1H3. The number of likely N-dealkylation sites (N-methyl/N-ethyl adjacent to an activating group) is 1. The second kappa shape index (κ2) is 4.15. The van der Waals surface area contributed by atoms with Gasteiger partial charge in [0.1, 0.15) is 5.76 Å². The van der Waals surface area contributed by atoms with Crippen LogP contribution < -0.4 is 5.32 Å². The van der Waals surface area contributed by atoms with Crippen LogP contribution in [0.25, 0.3) is 0 Å². The third-order valence-electron chi connectivity index (χ3n) is 3.07. The molecule has 14 heavy (non-hydrogen) atoms. The summed E-state index contributed by atoms with van der Waals surface area (Å²) in [6.45, 7) is 1.70. The minimum absolute atomic E-state index is 0.177. The zero-order valence-electron chi connectivity index (χ0n) is 8.58. The van der Waals surface area contributed by atoms with Crippen molar-refractivity contribution in [1.82, 2.24) is 5.32 Å². The molecule has 0 amide bonds. The lowest BCUT2D eigenvalue weighted by Crippen LogP contribution is -2.49. The van der Waals surface area contributed by atoms with Gasteiger partial charge in [0.25, 0.3) is 0 Å². The van der Waals surface area contributed by atoms with Crippen LogP contribution in [0, 0.1) is 0 Å². The lowest BCUT2D eigenvalue weighted by molar-refractivity contribution is 0.0394. The number of rotatable bonds is 3. The Morgan fingerprint density at radius 3 is 2.79 bits per heavy atom. The topological polar surface area (TPSA) is 34.4 Å². The average Bonchev–Trinajstić information content (AvgIpc) is 2.72. The molecule has 0 atom stereocenters. The highest BCUT2D eigenvalue weighted by Gasteiger charge is 2.31. The van der Waals surface area contributed by atoms with Crippen molar-refractivity contribution in [2.24, 2.45) is 0 Å². The largest absolute Gasteiger partial charge is 0.469 e. The molecule has 2 rings (SSSR count). The van der Waals surface area contributed by atoms with Crippen molar-refractivity contribution >= 4 is 0 Å². The molecule has 0 aromatic carbocycles. The van der Waals surface area contributed by atoms with E-state index < -0.39 is 0 Å². The van der Waals surface area contributed by atoms with Gasteiger partial charge in [-0.2, -0.15) is 0 Å². The van der Waals surface area contributed by atoms with E-state index in [-0.39, 0.29) is 5.54 Å². The number of hydrogen-bond acceptors (Lipinski definition) is 3. The van der Waals surface area contributed by atoms with Crippen LogP contribution >= 0.6 is 0 Å². The quantitative estimate of drug-likeness (QED) is 0.795. The highest BCUT2D eigenvalue weighted by molar-refractivity contribution is 5.05. The van der Waals surface area contributed by atoms with Gasteiger partial charge >= 0.3 is 0 Å². The first kappa shape index (κ1) is 9.74. The second-order valence-corrected chi connectivity index (χ2v) is 3.90. The molecule has 0 unspecified atom stereocenters. The lowest BCUT2D eigenvalue weighted by atomic mass is 9.86. The van der Waals surface area contributed by atoms with Crippen molar-refractivity contribution in [3.8, 4) is 0 Å². The molecule has 0 bridgehead atoms. The molecule has 78 valence electrons. The van der Waals surface area contributed by atoms with Crippen LogP contribution in [0.4, 0.5) is 0 Å². The fraction of sp³-hybridized carbons (Fsp3) is 0.636. The predicted molar refractivity (Wildman–Crippen MR) is 54.3 cm³/mol. The molecule has 1 fully saturated rings. The number of hydrogen-bond donors (Lipinski definition) is 1. The Labute approximate surface area is 84.4 Å². The maximum atomic E-state index is 5.38. The van der Waals surface area contributed by atoms with Crippen molar-refractivity contribution < 1.29 is 9.15 Å². The van der Waals surface area contributed by atoms with Gasteiger partial charge in [0.15, 0.2) is 0 Å². The van der Waals surface area contributed by atoms with Crippen LogP contribution in [-0.4, -0.2) is 25.8 Å². The van der Waals surface area contributed by atoms with Crippen molar-refractivity contribution in [1.29, 1.82) is 0 Å². The van der Waals surface area contributed by atoms with Gasteiger partial charge in [-0.1, -0.05) is 0 Å². The highest BCUT2D eigenvalue weighted by atomic mass is 16.5. The Balaban J connectivity index is 2.04. The van der Waals surface area contributed by atoms with E-state index in [1.807, 2.05) is 19.2 Å². The van der Waals surface area contributed by atoms with Gasteiger partial charge in [-0.15, -0.1) is 0 Å². The normalized spacial score (nSPS) is 20.9. The lowest BCUT2D eigenvalue weighted by Gasteiger charge is -2.36. The molecule has 2 heterocycles. The summed E-state index contributed by atoms with van der Waals surface area (Å²) >= 11 is 0. The molecule has 1 aromatic heterocycles. The van der Waals surface area contributed by atoms with Crippen molar-refractivity contribution in [3.63, 3.8) is 0 Å². The molecule has 1 aliphatic heterocycles. The molecule has 3 heteroatoms. The van der Waals surface area contributed by atoms with E-state index in [9.17, 15) is 0 Å². The predicted octanol–water partition coefficient (Wildman–Crippen LogP) is 1.59. The van der Waals surface area contributed by atoms with Crippen molar-refractivity contribution in [2.75, 3.05) is 20.3 Å². The van der Waals surface area contributed by atoms with E-state index in [0.29, 0.717) is 0 Å². The molecular weight excluding hydrogens is 178 g/mol. The number of nitrogens with one attached hydrogen (secondary N) is 1. The summed E-state index contributed by atoms with van der Waals surface area (Å²) in [5.41, 5.74) is 0.177. The van der Waals surface area contributed by atoms with Crippen LogP contribution in [0.3, 0.4) is 0 Å². The molecule has 1 aliphatic rings. The Kier molecular flexibility index (Phi) is 2.89. The first-order chi connectivity index (χ1) is 6.85. The smallest absolute Gasteiger partial charge is 0.105 e. The zero-order valence-corrected chi connectivity index (χ0v) is 8.58. The third-order valence-corrected chi connectivity index (χ3v) is 3.07. The van der Waals surface area contributed by atoms with E-state index in [0.717, 1.165) is 38.2 Å². The summed E-state index contributed by atoms with van der Waals surface area (Å²) in [5, 5.41) is 3.42. The molecule has 0 radical (unpaired) electrons. The Bertz CT molecular complexity index is 263. The summed E-state index contributed by atoms with van der Waals surface area (Å²) in [6, 6.07) is 3.98. The van der Waals surface area contributed by atoms with Gasteiger partial charge < -0.3 is 14.5 Å². The molecule has 1 aromatic rings. The fourth-order valence-corrected chi connectivity index (χ4v) is 2.02. The first-order valence-electron chi connectivity index (χ1n) is 5.14. The number of furan rings is 1. The van der Waals surface area contributed by atoms with Gasteiger partial charge in [-0.3, -0.25) is 0 Å². The van der Waals surface area contributed by atoms with Crippen LogP contribution in [0.2, 0.25) is 0 Å². The van der Waals surface area contributed by atoms with Gasteiger partial charge in [0.2, 0.25) is 0 Å². The van der Waals surface area contributed by atoms with Crippen LogP contribution in [0.5, 0.6) is 0 Å². The van der Waals surface area contributed by atoms with Crippen molar-refractivity contribution in [2.45, 2.75) is 24.8 Å². The minimum atomic E-state index is 0.177. The third kappa shape index (κ3) is 1.99. The molecule has 1 saturated heterocycles. The summed E-state index contributed by atoms with van der Waals surface area (Å²) in [6.07, 6.45) is 4.81. The highest BCUT2D eigenvalue weighted by Crippen LogP contribution is 2.24. The fourth-order valence-electron chi connectivity index (χ4n) is 2.02. The SMILES string of the molecule is CNC1(Cc2ccco2)CCOCC1. The molecule has 0 saturated carbocycles. The van der Waals surface area contributed by atoms with Crippen molar-refractivity contribution in [3.05, 3.63) is 24.2 Å². The summed E-state index contributed by atoms with van der Waals surface area (Å²) in [5.74, 6) is 1.06. The molecule has 0 aliphatic carbocycles. The summed E-state index contributed by atoms with van der Waals surface area (Å²) in [4.78, 5) is 0. The molecule has 3 nitrogen and oxygen atoms in total. The molecule has 1 N–H and O–H groups in total. The first-order valence-corrected chi connectivity index (χ1v) is 5.14. The average molecular weight is 195 g/mol. The Morgan fingerprint density at radius 1 is 1.43 bits per heavy atom. The number of ether oxygens (including phenoxy) is 1. The molecular formula is C11H17NO2. The van der Waals surface area contributed by atoms with Crippen LogP contribution in [0.1, 0.15) is 18.6 Å². The van der Waals surface area contributed by atoms with Crippen LogP contribution in [-0.2, 0) is 11.2 Å². The second-order valence-electron chi connectivity index (χ2n) is 3.90. The van der Waals surface area contributed by atoms with E-state index in [2.05, 4.69) is 5.32 Å². The van der Waals surface area contributed by atoms with E-state index in [1.54, 1.807) is 6.26 Å².